The predicted octanol–water partition coefficient (Wildman–Crippen LogP) is 28.5. The molecule has 496 valence electrons. The minimum Gasteiger partial charge on any atom is -0.356 e. The molecule has 0 unspecified atom stereocenters. The quantitative estimate of drug-likeness (QED) is 0.131. The average molecular weight is 1410 g/mol. The third-order valence-electron chi connectivity index (χ3n) is 20.2. The first-order valence-electron chi connectivity index (χ1n) is 35.7. The van der Waals surface area contributed by atoms with Gasteiger partial charge >= 0.3 is 0 Å². The Morgan fingerprint density at radius 1 is 0.200 bits per heavy atom. The number of hydrogen-bond donors (Lipinski definition) is 1. The number of nitrogens with zero attached hydrogens (tertiary/aromatic N) is 3. The van der Waals surface area contributed by atoms with Crippen LogP contribution in [-0.4, -0.2) is 9.13 Å². The molecule has 0 saturated heterocycles. The second-order valence-corrected chi connectivity index (χ2v) is 27.4. The van der Waals surface area contributed by atoms with Crippen molar-refractivity contribution in [2.45, 2.75) is 0 Å². The summed E-state index contributed by atoms with van der Waals surface area (Å²) in [6.45, 7) is 0. The second kappa shape index (κ2) is 28.2. The van der Waals surface area contributed by atoms with E-state index in [1.807, 2.05) is 18.2 Å². The number of benzene rings is 18. The number of rotatable bonds is 11. The van der Waals surface area contributed by atoms with Gasteiger partial charge in [-0.1, -0.05) is 307 Å². The van der Waals surface area contributed by atoms with Crippen molar-refractivity contribution in [2.24, 2.45) is 0 Å². The van der Waals surface area contributed by atoms with Crippen LogP contribution in [0, 0.1) is 0 Å². The van der Waals surface area contributed by atoms with Gasteiger partial charge in [-0.05, 0) is 209 Å². The molecule has 4 nitrogen and oxygen atoms in total. The number of para-hydroxylation sites is 6. The summed E-state index contributed by atoms with van der Waals surface area (Å²) in [5.74, 6) is 0. The Kier molecular flexibility index (Phi) is 17.2. The number of halogens is 1. The van der Waals surface area contributed by atoms with Crippen molar-refractivity contribution in [3.8, 4) is 55.9 Å². The van der Waals surface area contributed by atoms with E-state index < -0.39 is 0 Å². The van der Waals surface area contributed by atoms with Crippen LogP contribution in [0.5, 0.6) is 0 Å². The minimum absolute atomic E-state index is 1.08. The van der Waals surface area contributed by atoms with Gasteiger partial charge in [0.05, 0.1) is 22.1 Å². The summed E-state index contributed by atoms with van der Waals surface area (Å²) < 4.78 is 5.80. The molecule has 0 amide bonds. The molecule has 0 aliphatic heterocycles. The van der Waals surface area contributed by atoms with Gasteiger partial charge in [-0.25, -0.2) is 0 Å². The van der Waals surface area contributed by atoms with Crippen LogP contribution in [0.25, 0.3) is 143 Å². The molecule has 1 N–H and O–H groups in total. The largest absolute Gasteiger partial charge is 0.356 e. The van der Waals surface area contributed by atoms with Crippen LogP contribution in [-0.2, 0) is 0 Å². The Morgan fingerprint density at radius 2 is 0.467 bits per heavy atom. The number of fused-ring (bicyclic) bond motifs is 10. The Balaban J connectivity index is 0.000000124. The van der Waals surface area contributed by atoms with E-state index >= 15 is 0 Å². The highest BCUT2D eigenvalue weighted by molar-refractivity contribution is 9.10. The van der Waals surface area contributed by atoms with Crippen LogP contribution in [0.15, 0.2) is 417 Å². The van der Waals surface area contributed by atoms with E-state index in [0.717, 1.165) is 38.6 Å². The van der Waals surface area contributed by atoms with Gasteiger partial charge in [-0.15, -0.1) is 0 Å². The lowest BCUT2D eigenvalue weighted by Crippen LogP contribution is -2.10. The molecule has 0 aliphatic carbocycles. The van der Waals surface area contributed by atoms with Crippen molar-refractivity contribution < 1.29 is 0 Å². The number of nitrogens with one attached hydrogen (secondary N) is 1. The molecule has 0 saturated carbocycles. The molecule has 0 radical (unpaired) electrons. The van der Waals surface area contributed by atoms with Gasteiger partial charge in [0.15, 0.2) is 0 Å². The Labute approximate surface area is 619 Å². The summed E-state index contributed by atoms with van der Waals surface area (Å²) in [4.78, 5) is 2.38. The van der Waals surface area contributed by atoms with Crippen LogP contribution < -0.4 is 10.2 Å². The van der Waals surface area contributed by atoms with Crippen LogP contribution in [0.1, 0.15) is 0 Å². The molecule has 0 spiro atoms. The topological polar surface area (TPSA) is 25.1 Å². The molecule has 20 aromatic rings. The predicted molar refractivity (Wildman–Crippen MR) is 452 cm³/mol. The van der Waals surface area contributed by atoms with Crippen LogP contribution >= 0.6 is 15.9 Å². The highest BCUT2D eigenvalue weighted by Crippen LogP contribution is 2.48. The standard InChI is InChI=1S/C50H34N2.C26H17Br.C24H18N2/c1-4-16-35(17-5-1)49-43-24-10-11-25-44(43)50(36-18-6-2-7-19-36)46-34-40(32-33-45(46)49)51(37-20-8-3-9-21-37)38-28-30-39(31-29-38)52-47-26-14-12-22-41(47)42-23-13-15-27-48(42)52;27-20-15-16-23-24(17-20)26(19-11-5-2-6-12-19)22-14-8-7-13-21(22)25(23)18-9-3-1-4-10-18;1-2-8-18(9-3-1)25-19-14-16-20(17-15-19)26-23-12-6-4-10-21(23)22-11-5-7-13-24(22)26/h1-34H;1-17H;1-17,25H. The molecule has 20 rings (SSSR count). The first kappa shape index (κ1) is 63.8. The molecule has 0 atom stereocenters. The van der Waals surface area contributed by atoms with Crippen LogP contribution in [0.2, 0.25) is 0 Å². The monoisotopic (exact) mass is 1400 g/mol. The lowest BCUT2D eigenvalue weighted by atomic mass is 9.85. The van der Waals surface area contributed by atoms with E-state index in [4.69, 9.17) is 0 Å². The zero-order valence-corrected chi connectivity index (χ0v) is 59.1. The van der Waals surface area contributed by atoms with Gasteiger partial charge in [0.25, 0.3) is 0 Å². The van der Waals surface area contributed by atoms with Crippen molar-refractivity contribution in [1.29, 1.82) is 0 Å². The zero-order chi connectivity index (χ0) is 70.0. The van der Waals surface area contributed by atoms with E-state index in [0.29, 0.717) is 0 Å². The SMILES string of the molecule is Brc1ccc2c(-c3ccccc3)c3ccccc3c(-c3ccccc3)c2c1.c1ccc(-c2c3ccccc3c(-c3ccccc3)c3cc(N(c4ccccc4)c4ccc(-n5c6ccccc6c6ccccc65)cc4)ccc23)cc1.c1ccc(Nc2ccc(-n3c4ccccc4c4ccccc43)cc2)cc1. The van der Waals surface area contributed by atoms with Gasteiger partial charge in [0.2, 0.25) is 0 Å². The fraction of sp³-hybridized carbons (Fsp3) is 0. The molecule has 0 aliphatic rings. The second-order valence-electron chi connectivity index (χ2n) is 26.4. The van der Waals surface area contributed by atoms with Crippen molar-refractivity contribution in [3.05, 3.63) is 417 Å². The van der Waals surface area contributed by atoms with E-state index in [9.17, 15) is 0 Å². The molecule has 2 heterocycles. The van der Waals surface area contributed by atoms with E-state index in [1.165, 1.54) is 137 Å². The highest BCUT2D eigenvalue weighted by Gasteiger charge is 2.22. The number of anilines is 5. The third-order valence-corrected chi connectivity index (χ3v) is 20.7. The molecule has 5 heteroatoms. The number of aromatic nitrogens is 2. The Morgan fingerprint density at radius 3 is 0.857 bits per heavy atom. The molecular weight excluding hydrogens is 1340 g/mol. The van der Waals surface area contributed by atoms with Crippen LogP contribution in [0.3, 0.4) is 0 Å². The molecule has 2 aromatic heterocycles. The average Bonchev–Trinajstić information content (AvgIpc) is 1.73. The van der Waals surface area contributed by atoms with E-state index in [1.54, 1.807) is 0 Å². The summed E-state index contributed by atoms with van der Waals surface area (Å²) >= 11 is 3.68. The summed E-state index contributed by atoms with van der Waals surface area (Å²) in [7, 11) is 0. The normalized spacial score (nSPS) is 11.3. The molecule has 0 bridgehead atoms. The van der Waals surface area contributed by atoms with Gasteiger partial charge < -0.3 is 19.4 Å². The molecule has 105 heavy (non-hydrogen) atoms. The molecule has 0 fully saturated rings. The maximum Gasteiger partial charge on any atom is 0.0541 e. The van der Waals surface area contributed by atoms with Crippen molar-refractivity contribution >= 4 is 131 Å². The number of hydrogen-bond acceptors (Lipinski definition) is 2. The maximum atomic E-state index is 3.68. The summed E-state index contributed by atoms with van der Waals surface area (Å²) in [5, 5.41) is 18.6. The third kappa shape index (κ3) is 12.1. The van der Waals surface area contributed by atoms with E-state index in [2.05, 4.69) is 430 Å². The van der Waals surface area contributed by atoms with E-state index in [-0.39, 0.29) is 0 Å². The lowest BCUT2D eigenvalue weighted by Gasteiger charge is -2.27. The van der Waals surface area contributed by atoms with Gasteiger partial charge in [-0.3, -0.25) is 0 Å². The molecular formula is C100H69BrN4. The maximum absolute atomic E-state index is 3.68. The summed E-state index contributed by atoms with van der Waals surface area (Å²) in [6, 6.07) is 147. The first-order valence-corrected chi connectivity index (χ1v) is 36.5. The van der Waals surface area contributed by atoms with Gasteiger partial charge in [0, 0.05) is 65.8 Å². The van der Waals surface area contributed by atoms with Crippen molar-refractivity contribution in [2.75, 3.05) is 10.2 Å². The van der Waals surface area contributed by atoms with Crippen LogP contribution in [0.4, 0.5) is 28.4 Å². The van der Waals surface area contributed by atoms with Crippen molar-refractivity contribution in [3.63, 3.8) is 0 Å². The first-order chi connectivity index (χ1) is 52.1. The smallest absolute Gasteiger partial charge is 0.0541 e. The lowest BCUT2D eigenvalue weighted by molar-refractivity contribution is 1.17. The Hall–Kier alpha value is -13.3. The van der Waals surface area contributed by atoms with Crippen molar-refractivity contribution in [1.82, 2.24) is 9.13 Å². The van der Waals surface area contributed by atoms with Gasteiger partial charge in [-0.2, -0.15) is 0 Å². The summed E-state index contributed by atoms with van der Waals surface area (Å²) in [6.07, 6.45) is 0. The fourth-order valence-electron chi connectivity index (χ4n) is 15.7. The van der Waals surface area contributed by atoms with Gasteiger partial charge in [0.1, 0.15) is 0 Å². The summed E-state index contributed by atoms with van der Waals surface area (Å²) in [5.41, 5.74) is 22.7. The minimum atomic E-state index is 1.08. The zero-order valence-electron chi connectivity index (χ0n) is 57.5. The highest BCUT2D eigenvalue weighted by atomic mass is 79.9. The molecule has 18 aromatic carbocycles. The Bertz CT molecular complexity index is 6410. The fourth-order valence-corrected chi connectivity index (χ4v) is 16.0.